The van der Waals surface area contributed by atoms with Gasteiger partial charge in [-0.15, -0.1) is 0 Å². The van der Waals surface area contributed by atoms with Crippen LogP contribution in [-0.4, -0.2) is 40.5 Å². The Morgan fingerprint density at radius 1 is 1.45 bits per heavy atom. The average molecular weight is 304 g/mol. The van der Waals surface area contributed by atoms with Crippen LogP contribution in [0.1, 0.15) is 45.2 Å². The highest BCUT2D eigenvalue weighted by Crippen LogP contribution is 2.15. The van der Waals surface area contributed by atoms with E-state index >= 15 is 0 Å². The molecule has 0 aliphatic carbocycles. The summed E-state index contributed by atoms with van der Waals surface area (Å²) in [4.78, 5) is 19.0. The van der Waals surface area contributed by atoms with Gasteiger partial charge in [-0.3, -0.25) is 14.7 Å². The number of carbonyl (C=O) groups is 1. The molecule has 5 heteroatoms. The lowest BCUT2D eigenvalue weighted by atomic mass is 9.95. The van der Waals surface area contributed by atoms with E-state index in [1.165, 1.54) is 0 Å². The maximum atomic E-state index is 12.2. The van der Waals surface area contributed by atoms with Crippen LogP contribution in [0.3, 0.4) is 0 Å². The minimum atomic E-state index is -0.750. The summed E-state index contributed by atoms with van der Waals surface area (Å²) < 4.78 is 0. The van der Waals surface area contributed by atoms with Gasteiger partial charge >= 0.3 is 0 Å². The molecule has 1 aromatic rings. The van der Waals surface area contributed by atoms with Gasteiger partial charge in [-0.2, -0.15) is 0 Å². The van der Waals surface area contributed by atoms with Gasteiger partial charge < -0.3 is 11.1 Å². The van der Waals surface area contributed by atoms with Crippen LogP contribution in [0.5, 0.6) is 0 Å². The van der Waals surface area contributed by atoms with E-state index < -0.39 is 5.54 Å². The molecule has 1 saturated heterocycles. The van der Waals surface area contributed by atoms with Crippen LogP contribution in [-0.2, 0) is 11.3 Å². The third-order valence-corrected chi connectivity index (χ3v) is 4.32. The van der Waals surface area contributed by atoms with Crippen molar-refractivity contribution in [3.8, 4) is 0 Å². The monoisotopic (exact) mass is 304 g/mol. The van der Waals surface area contributed by atoms with Gasteiger partial charge in [-0.05, 0) is 38.3 Å². The summed E-state index contributed by atoms with van der Waals surface area (Å²) in [6.45, 7) is 6.72. The van der Waals surface area contributed by atoms with Gasteiger partial charge in [-0.1, -0.05) is 19.4 Å². The van der Waals surface area contributed by atoms with Gasteiger partial charge in [-0.25, -0.2) is 0 Å². The molecule has 0 spiro atoms. The van der Waals surface area contributed by atoms with Crippen LogP contribution >= 0.6 is 0 Å². The Balaban J connectivity index is 1.76. The van der Waals surface area contributed by atoms with Crippen LogP contribution in [0.25, 0.3) is 0 Å². The van der Waals surface area contributed by atoms with Gasteiger partial charge in [0.1, 0.15) is 0 Å². The number of nitrogens with one attached hydrogen (secondary N) is 1. The molecule has 1 amide bonds. The summed E-state index contributed by atoms with van der Waals surface area (Å²) in [5.41, 5.74) is 6.44. The van der Waals surface area contributed by atoms with Crippen molar-refractivity contribution in [1.29, 1.82) is 0 Å². The molecule has 2 heterocycles. The largest absolute Gasteiger partial charge is 0.352 e. The number of nitrogens with two attached hydrogens (primary N) is 1. The second kappa shape index (κ2) is 7.70. The van der Waals surface area contributed by atoms with Crippen molar-refractivity contribution in [2.45, 2.75) is 57.7 Å². The van der Waals surface area contributed by atoms with Crippen LogP contribution in [0.15, 0.2) is 24.4 Å². The molecule has 0 saturated carbocycles. The Labute approximate surface area is 133 Å². The zero-order valence-electron chi connectivity index (χ0n) is 13.7. The van der Waals surface area contributed by atoms with Crippen molar-refractivity contribution < 1.29 is 4.79 Å². The number of aromatic nitrogens is 1. The Kier molecular flexibility index (Phi) is 5.91. The van der Waals surface area contributed by atoms with E-state index in [0.717, 1.165) is 51.0 Å². The second-order valence-corrected chi connectivity index (χ2v) is 6.51. The predicted octanol–water partition coefficient (Wildman–Crippen LogP) is 1.68. The Bertz CT molecular complexity index is 467. The molecule has 1 aliphatic rings. The van der Waals surface area contributed by atoms with E-state index in [-0.39, 0.29) is 11.9 Å². The molecule has 2 rings (SSSR count). The zero-order valence-corrected chi connectivity index (χ0v) is 13.7. The molecule has 122 valence electrons. The molecule has 1 aliphatic heterocycles. The van der Waals surface area contributed by atoms with Crippen molar-refractivity contribution in [3.63, 3.8) is 0 Å². The molecule has 1 atom stereocenters. The number of hydrogen-bond donors (Lipinski definition) is 2. The summed E-state index contributed by atoms with van der Waals surface area (Å²) in [6.07, 6.45) is 5.42. The molecular formula is C17H28N4O. The zero-order chi connectivity index (χ0) is 16.0. The average Bonchev–Trinajstić information content (AvgIpc) is 2.50. The van der Waals surface area contributed by atoms with E-state index in [2.05, 4.69) is 28.2 Å². The summed E-state index contributed by atoms with van der Waals surface area (Å²) in [6, 6.07) is 6.25. The lowest BCUT2D eigenvalue weighted by molar-refractivity contribution is -0.127. The molecule has 1 aromatic heterocycles. The van der Waals surface area contributed by atoms with Crippen molar-refractivity contribution in [3.05, 3.63) is 30.1 Å². The third-order valence-electron chi connectivity index (χ3n) is 4.32. The summed E-state index contributed by atoms with van der Waals surface area (Å²) in [5.74, 6) is -0.0162. The first-order valence-electron chi connectivity index (χ1n) is 8.23. The predicted molar refractivity (Wildman–Crippen MR) is 88.2 cm³/mol. The van der Waals surface area contributed by atoms with Crippen LogP contribution < -0.4 is 11.1 Å². The van der Waals surface area contributed by atoms with E-state index in [0.29, 0.717) is 0 Å². The van der Waals surface area contributed by atoms with E-state index in [4.69, 9.17) is 5.73 Å². The van der Waals surface area contributed by atoms with Crippen LogP contribution in [0.4, 0.5) is 0 Å². The normalized spacial score (nSPS) is 19.6. The number of likely N-dealkylation sites (tertiary alicyclic amines) is 1. The van der Waals surface area contributed by atoms with Gasteiger partial charge in [0, 0.05) is 31.9 Å². The molecule has 3 N–H and O–H groups in total. The standard InChI is InChI=1S/C17H28N4O/c1-3-9-17(2,18)16(22)20-14-7-11-21(12-8-14)13-15-6-4-5-10-19-15/h4-6,10,14H,3,7-9,11-13,18H2,1-2H3,(H,20,22). The first kappa shape index (κ1) is 16.9. The number of pyridine rings is 1. The van der Waals surface area contributed by atoms with Gasteiger partial charge in [0.25, 0.3) is 0 Å². The first-order valence-corrected chi connectivity index (χ1v) is 8.23. The van der Waals surface area contributed by atoms with Crippen LogP contribution in [0, 0.1) is 0 Å². The van der Waals surface area contributed by atoms with Crippen molar-refractivity contribution in [2.75, 3.05) is 13.1 Å². The molecule has 1 unspecified atom stereocenters. The highest BCUT2D eigenvalue weighted by Gasteiger charge is 2.30. The fourth-order valence-corrected chi connectivity index (χ4v) is 2.94. The highest BCUT2D eigenvalue weighted by atomic mass is 16.2. The lowest BCUT2D eigenvalue weighted by Gasteiger charge is -2.34. The molecular weight excluding hydrogens is 276 g/mol. The van der Waals surface area contributed by atoms with Crippen molar-refractivity contribution in [2.24, 2.45) is 5.73 Å². The van der Waals surface area contributed by atoms with Gasteiger partial charge in [0.15, 0.2) is 0 Å². The topological polar surface area (TPSA) is 71.2 Å². The van der Waals surface area contributed by atoms with E-state index in [1.54, 1.807) is 0 Å². The second-order valence-electron chi connectivity index (χ2n) is 6.51. The lowest BCUT2D eigenvalue weighted by Crippen LogP contribution is -2.55. The van der Waals surface area contributed by atoms with Crippen molar-refractivity contribution >= 4 is 5.91 Å². The molecule has 0 aromatic carbocycles. The van der Waals surface area contributed by atoms with Gasteiger partial charge in [0.05, 0.1) is 11.2 Å². The number of piperidine rings is 1. The maximum Gasteiger partial charge on any atom is 0.240 e. The third kappa shape index (κ3) is 4.78. The number of nitrogens with zero attached hydrogens (tertiary/aromatic N) is 2. The Morgan fingerprint density at radius 2 is 2.18 bits per heavy atom. The van der Waals surface area contributed by atoms with E-state index in [1.807, 2.05) is 25.3 Å². The maximum absolute atomic E-state index is 12.2. The Hall–Kier alpha value is -1.46. The van der Waals surface area contributed by atoms with Crippen molar-refractivity contribution in [1.82, 2.24) is 15.2 Å². The smallest absolute Gasteiger partial charge is 0.240 e. The number of carbonyl (C=O) groups excluding carboxylic acids is 1. The molecule has 22 heavy (non-hydrogen) atoms. The number of amides is 1. The number of rotatable bonds is 6. The quantitative estimate of drug-likeness (QED) is 0.839. The number of hydrogen-bond acceptors (Lipinski definition) is 4. The molecule has 1 fully saturated rings. The first-order chi connectivity index (χ1) is 10.5. The fraction of sp³-hybridized carbons (Fsp3) is 0.647. The van der Waals surface area contributed by atoms with Gasteiger partial charge in [0.2, 0.25) is 5.91 Å². The Morgan fingerprint density at radius 3 is 2.77 bits per heavy atom. The minimum absolute atomic E-state index is 0.0162. The fourth-order valence-electron chi connectivity index (χ4n) is 2.94. The minimum Gasteiger partial charge on any atom is -0.352 e. The highest BCUT2D eigenvalue weighted by molar-refractivity contribution is 5.85. The summed E-state index contributed by atoms with van der Waals surface area (Å²) in [7, 11) is 0. The summed E-state index contributed by atoms with van der Waals surface area (Å²) >= 11 is 0. The molecule has 0 bridgehead atoms. The SMILES string of the molecule is CCCC(C)(N)C(=O)NC1CCN(Cc2ccccn2)CC1. The molecule has 0 radical (unpaired) electrons. The van der Waals surface area contributed by atoms with Crippen LogP contribution in [0.2, 0.25) is 0 Å². The summed E-state index contributed by atoms with van der Waals surface area (Å²) in [5, 5.41) is 3.12. The molecule has 5 nitrogen and oxygen atoms in total. The van der Waals surface area contributed by atoms with E-state index in [9.17, 15) is 4.79 Å².